The first-order valence-corrected chi connectivity index (χ1v) is 15.5. The summed E-state index contributed by atoms with van der Waals surface area (Å²) >= 11 is 0. The van der Waals surface area contributed by atoms with Crippen LogP contribution in [0.15, 0.2) is 42.6 Å². The maximum absolute atomic E-state index is 6.22. The highest BCUT2D eigenvalue weighted by Gasteiger charge is 2.21. The molecule has 0 spiro atoms. The number of hydrogen-bond acceptors (Lipinski definition) is 3. The van der Waals surface area contributed by atoms with E-state index in [1.807, 2.05) is 6.20 Å². The van der Waals surface area contributed by atoms with Crippen molar-refractivity contribution in [2.75, 3.05) is 0 Å². The van der Waals surface area contributed by atoms with Gasteiger partial charge in [0.25, 0.3) is 0 Å². The summed E-state index contributed by atoms with van der Waals surface area (Å²) in [4.78, 5) is 16.1. The van der Waals surface area contributed by atoms with E-state index >= 15 is 0 Å². The van der Waals surface area contributed by atoms with E-state index in [-0.39, 0.29) is 0 Å². The number of rotatable bonds is 3. The third-order valence-electron chi connectivity index (χ3n) is 5.81. The smallest absolute Gasteiger partial charge is 0.130 e. The minimum absolute atomic E-state index is 0.560. The van der Waals surface area contributed by atoms with E-state index in [0.717, 1.165) is 50.1 Å². The maximum atomic E-state index is 6.22. The van der Waals surface area contributed by atoms with Gasteiger partial charge in [-0.25, -0.2) is 9.97 Å². The van der Waals surface area contributed by atoms with E-state index in [9.17, 15) is 0 Å². The second kappa shape index (κ2) is 7.61. The van der Waals surface area contributed by atoms with Crippen LogP contribution in [0.5, 0.6) is 5.75 Å². The standard InChI is InChI=1S/C22H20N4OP4/c1-10-4-12-6-16-14-3-2-11(17-8-23-21(24-17)30-28)5-13(14)9-27-18(16)7-15(12)20-19(10)25-22(26-20)31-29/h2-8,30-31H,9,28-29H2,1H3,(H,23,24)(H,25,26). The van der Waals surface area contributed by atoms with Crippen LogP contribution in [-0.2, 0) is 6.61 Å². The van der Waals surface area contributed by atoms with Gasteiger partial charge in [-0.2, -0.15) is 0 Å². The van der Waals surface area contributed by atoms with Crippen LogP contribution in [0.1, 0.15) is 11.1 Å². The molecular formula is C22H20N4OP4. The predicted octanol–water partition coefficient (Wildman–Crippen LogP) is 5.16. The largest absolute Gasteiger partial charge is 0.488 e. The van der Waals surface area contributed by atoms with Gasteiger partial charge in [0.05, 0.1) is 22.9 Å². The zero-order valence-corrected chi connectivity index (χ0v) is 21.0. The Morgan fingerprint density at radius 3 is 2.68 bits per heavy atom. The Kier molecular flexibility index (Phi) is 4.86. The summed E-state index contributed by atoms with van der Waals surface area (Å²) in [5.74, 6) is 0.926. The minimum Gasteiger partial charge on any atom is -0.488 e. The fraction of sp³-hybridized carbons (Fsp3) is 0.0909. The number of nitrogens with one attached hydrogen (secondary N) is 2. The molecule has 31 heavy (non-hydrogen) atoms. The lowest BCUT2D eigenvalue weighted by Crippen LogP contribution is -2.06. The van der Waals surface area contributed by atoms with Gasteiger partial charge in [-0.3, -0.25) is 0 Å². The molecule has 4 atom stereocenters. The van der Waals surface area contributed by atoms with Crippen LogP contribution in [0.4, 0.5) is 0 Å². The number of imidazole rings is 2. The van der Waals surface area contributed by atoms with E-state index < -0.39 is 0 Å². The van der Waals surface area contributed by atoms with Gasteiger partial charge in [-0.1, -0.05) is 12.1 Å². The molecule has 1 aliphatic heterocycles. The average Bonchev–Trinajstić information content (AvgIpc) is 3.45. The molecule has 6 rings (SSSR count). The van der Waals surface area contributed by atoms with Gasteiger partial charge < -0.3 is 14.7 Å². The van der Waals surface area contributed by atoms with Gasteiger partial charge in [0.15, 0.2) is 0 Å². The SMILES string of the molecule is Cc1cc2cc3c(cc2c2[nH]c(PP)nc12)OCc1cc(-c2cnc(PP)[nH]2)ccc1-3. The lowest BCUT2D eigenvalue weighted by Gasteiger charge is -2.22. The molecule has 3 heterocycles. The molecule has 0 saturated carbocycles. The molecule has 5 aromatic rings. The number of hydrogen-bond donors (Lipinski definition) is 2. The molecule has 3 aromatic carbocycles. The Bertz CT molecular complexity index is 1490. The highest BCUT2D eigenvalue weighted by Crippen LogP contribution is 2.42. The summed E-state index contributed by atoms with van der Waals surface area (Å²) in [6.45, 7) is 2.69. The molecule has 154 valence electrons. The highest BCUT2D eigenvalue weighted by atomic mass is 32.0. The van der Waals surface area contributed by atoms with Crippen molar-refractivity contribution in [1.29, 1.82) is 0 Å². The Morgan fingerprint density at radius 1 is 1.00 bits per heavy atom. The van der Waals surface area contributed by atoms with E-state index in [1.54, 1.807) is 0 Å². The lowest BCUT2D eigenvalue weighted by molar-refractivity contribution is 0.303. The van der Waals surface area contributed by atoms with E-state index in [0.29, 0.717) is 23.1 Å². The van der Waals surface area contributed by atoms with Crippen LogP contribution in [0, 0.1) is 6.92 Å². The second-order valence-corrected chi connectivity index (χ2v) is 10.9. The highest BCUT2D eigenvalue weighted by molar-refractivity contribution is 8.06. The van der Waals surface area contributed by atoms with Crippen LogP contribution in [-0.4, -0.2) is 19.9 Å². The Morgan fingerprint density at radius 2 is 1.87 bits per heavy atom. The number of aryl methyl sites for hydroxylation is 1. The van der Waals surface area contributed by atoms with Crippen LogP contribution in [0.2, 0.25) is 0 Å². The van der Waals surface area contributed by atoms with Gasteiger partial charge >= 0.3 is 0 Å². The van der Waals surface area contributed by atoms with Crippen molar-refractivity contribution in [1.82, 2.24) is 19.9 Å². The van der Waals surface area contributed by atoms with E-state index in [4.69, 9.17) is 9.72 Å². The summed E-state index contributed by atoms with van der Waals surface area (Å²) in [6.07, 6.45) is 1.90. The van der Waals surface area contributed by atoms with Gasteiger partial charge in [-0.05, 0) is 75.4 Å². The summed E-state index contributed by atoms with van der Waals surface area (Å²) in [7, 11) is 6.63. The number of ether oxygens (including phenoxy) is 1. The zero-order valence-electron chi connectivity index (χ0n) is 16.7. The van der Waals surface area contributed by atoms with Crippen molar-refractivity contribution in [2.24, 2.45) is 0 Å². The quantitative estimate of drug-likeness (QED) is 0.351. The first kappa shape index (κ1) is 19.8. The molecule has 0 fully saturated rings. The van der Waals surface area contributed by atoms with E-state index in [2.05, 4.69) is 76.1 Å². The lowest BCUT2D eigenvalue weighted by atomic mass is 9.92. The van der Waals surface area contributed by atoms with E-state index in [1.165, 1.54) is 22.1 Å². The fourth-order valence-electron chi connectivity index (χ4n) is 4.33. The Labute approximate surface area is 187 Å². The maximum Gasteiger partial charge on any atom is 0.130 e. The summed E-state index contributed by atoms with van der Waals surface area (Å²) < 4.78 is 6.22. The average molecular weight is 480 g/mol. The third-order valence-corrected chi connectivity index (χ3v) is 8.49. The number of H-pyrrole nitrogens is 2. The fourth-order valence-corrected chi connectivity index (χ4v) is 5.90. The number of fused-ring (bicyclic) bond motifs is 6. The molecule has 9 heteroatoms. The molecule has 0 amide bonds. The van der Waals surface area contributed by atoms with Crippen molar-refractivity contribution >= 4 is 67.3 Å². The van der Waals surface area contributed by atoms with Crippen LogP contribution in [0.3, 0.4) is 0 Å². The molecule has 4 unspecified atom stereocenters. The molecule has 5 nitrogen and oxygen atoms in total. The first-order valence-electron chi connectivity index (χ1n) is 9.86. The minimum atomic E-state index is 0.560. The van der Waals surface area contributed by atoms with Crippen LogP contribution in [0.25, 0.3) is 44.2 Å². The normalized spacial score (nSPS) is 13.5. The molecule has 2 N–H and O–H groups in total. The molecule has 0 bridgehead atoms. The predicted molar refractivity (Wildman–Crippen MR) is 141 cm³/mol. The molecule has 0 aliphatic carbocycles. The van der Waals surface area contributed by atoms with Gasteiger partial charge in [-0.15, -0.1) is 17.9 Å². The molecule has 1 aliphatic rings. The number of aromatic nitrogens is 4. The molecule has 0 saturated heterocycles. The molecular weight excluding hydrogens is 460 g/mol. The topological polar surface area (TPSA) is 66.6 Å². The Balaban J connectivity index is 1.51. The number of nitrogens with zero attached hydrogens (tertiary/aromatic N) is 2. The van der Waals surface area contributed by atoms with Gasteiger partial charge in [0.1, 0.15) is 23.5 Å². The van der Waals surface area contributed by atoms with Gasteiger partial charge in [0, 0.05) is 10.9 Å². The summed E-state index contributed by atoms with van der Waals surface area (Å²) in [5, 5.41) is 2.36. The second-order valence-electron chi connectivity index (χ2n) is 7.67. The third kappa shape index (κ3) is 3.23. The van der Waals surface area contributed by atoms with Crippen LogP contribution >= 0.6 is 34.4 Å². The zero-order chi connectivity index (χ0) is 21.1. The molecule has 0 radical (unpaired) electrons. The van der Waals surface area contributed by atoms with Crippen molar-refractivity contribution < 1.29 is 4.74 Å². The number of aromatic amines is 2. The van der Waals surface area contributed by atoms with Crippen molar-refractivity contribution in [3.8, 4) is 28.1 Å². The van der Waals surface area contributed by atoms with Crippen molar-refractivity contribution in [2.45, 2.75) is 13.5 Å². The summed E-state index contributed by atoms with van der Waals surface area (Å²) in [5.41, 5.74) is 11.1. The monoisotopic (exact) mass is 480 g/mol. The van der Waals surface area contributed by atoms with Gasteiger partial charge in [0.2, 0.25) is 0 Å². The number of benzene rings is 3. The molecule has 2 aromatic heterocycles. The van der Waals surface area contributed by atoms with Crippen molar-refractivity contribution in [3.63, 3.8) is 0 Å². The summed E-state index contributed by atoms with van der Waals surface area (Å²) in [6, 6.07) is 13.2. The Hall–Kier alpha value is -1.88. The van der Waals surface area contributed by atoms with Crippen molar-refractivity contribution in [3.05, 3.63) is 53.7 Å². The first-order chi connectivity index (χ1) is 15.1. The van der Waals surface area contributed by atoms with Crippen LogP contribution < -0.4 is 15.9 Å².